The maximum Gasteiger partial charge on any atom is 0.291 e. The van der Waals surface area contributed by atoms with Gasteiger partial charge >= 0.3 is 0 Å². The smallest absolute Gasteiger partial charge is 0.291 e. The molecule has 23 heavy (non-hydrogen) atoms. The van der Waals surface area contributed by atoms with Crippen LogP contribution in [0, 0.1) is 13.8 Å². The average molecular weight is 307 g/mol. The van der Waals surface area contributed by atoms with Gasteiger partial charge in [0.2, 0.25) is 0 Å². The van der Waals surface area contributed by atoms with Gasteiger partial charge in [0, 0.05) is 10.9 Å². The van der Waals surface area contributed by atoms with E-state index in [-0.39, 0.29) is 5.91 Å². The van der Waals surface area contributed by atoms with E-state index in [1.54, 1.807) is 18.2 Å². The van der Waals surface area contributed by atoms with Crippen LogP contribution in [0.5, 0.6) is 0 Å². The molecule has 4 aromatic rings. The summed E-state index contributed by atoms with van der Waals surface area (Å²) in [5.74, 6) is -0.0312. The molecule has 0 atom stereocenters. The Balaban J connectivity index is 1.76. The fourth-order valence-corrected chi connectivity index (χ4v) is 2.69. The van der Waals surface area contributed by atoms with Crippen molar-refractivity contribution < 1.29 is 13.8 Å². The normalized spacial score (nSPS) is 11.2. The Morgan fingerprint density at radius 2 is 1.91 bits per heavy atom. The quantitative estimate of drug-likeness (QED) is 0.608. The molecule has 2 aromatic carbocycles. The maximum atomic E-state index is 12.6. The van der Waals surface area contributed by atoms with Gasteiger partial charge in [0.05, 0.1) is 5.69 Å². The van der Waals surface area contributed by atoms with Crippen LogP contribution in [0.25, 0.3) is 22.0 Å². The predicted octanol–water partition coefficient (Wildman–Crippen LogP) is 3.84. The van der Waals surface area contributed by atoms with Crippen molar-refractivity contribution in [2.45, 2.75) is 13.8 Å². The van der Waals surface area contributed by atoms with Crippen LogP contribution < -0.4 is 5.32 Å². The van der Waals surface area contributed by atoms with Crippen molar-refractivity contribution in [3.8, 4) is 0 Å². The van der Waals surface area contributed by atoms with Crippen molar-refractivity contribution in [2.24, 2.45) is 0 Å². The largest absolute Gasteiger partial charge is 0.450 e. The predicted molar refractivity (Wildman–Crippen MR) is 85.4 cm³/mol. The van der Waals surface area contributed by atoms with Gasteiger partial charge in [-0.15, -0.1) is 0 Å². The number of fused-ring (bicyclic) bond motifs is 2. The van der Waals surface area contributed by atoms with Crippen LogP contribution >= 0.6 is 0 Å². The summed E-state index contributed by atoms with van der Waals surface area (Å²) in [6.07, 6.45) is 0. The van der Waals surface area contributed by atoms with Crippen molar-refractivity contribution in [1.29, 1.82) is 0 Å². The highest BCUT2D eigenvalue weighted by molar-refractivity contribution is 6.09. The number of rotatable bonds is 2. The molecule has 2 aromatic heterocycles. The zero-order chi connectivity index (χ0) is 16.0. The third-order valence-electron chi connectivity index (χ3n) is 3.90. The highest BCUT2D eigenvalue weighted by Crippen LogP contribution is 2.29. The second-order valence-electron chi connectivity index (χ2n) is 5.40. The number of nitrogens with one attached hydrogen (secondary N) is 1. The number of aryl methyl sites for hydroxylation is 2. The Kier molecular flexibility index (Phi) is 2.90. The fourth-order valence-electron chi connectivity index (χ4n) is 2.69. The van der Waals surface area contributed by atoms with E-state index in [4.69, 9.17) is 9.05 Å². The Morgan fingerprint density at radius 3 is 2.74 bits per heavy atom. The minimum Gasteiger partial charge on any atom is -0.450 e. The third kappa shape index (κ3) is 2.07. The van der Waals surface area contributed by atoms with E-state index in [1.807, 2.05) is 32.0 Å². The highest BCUT2D eigenvalue weighted by Gasteiger charge is 2.19. The first kappa shape index (κ1) is 13.5. The first-order chi connectivity index (χ1) is 11.1. The summed E-state index contributed by atoms with van der Waals surface area (Å²) in [5.41, 5.74) is 4.16. The first-order valence-electron chi connectivity index (χ1n) is 7.16. The molecule has 0 bridgehead atoms. The molecule has 2 heterocycles. The Bertz CT molecular complexity index is 1050. The summed E-state index contributed by atoms with van der Waals surface area (Å²) in [4.78, 5) is 12.6. The molecule has 6 nitrogen and oxygen atoms in total. The number of amides is 1. The van der Waals surface area contributed by atoms with Crippen molar-refractivity contribution >= 4 is 33.6 Å². The average Bonchev–Trinajstić information content (AvgIpc) is 3.14. The molecule has 0 aliphatic carbocycles. The molecular weight excluding hydrogens is 294 g/mol. The van der Waals surface area contributed by atoms with E-state index in [9.17, 15) is 4.79 Å². The van der Waals surface area contributed by atoms with Crippen LogP contribution in [0.2, 0.25) is 0 Å². The lowest BCUT2D eigenvalue weighted by molar-refractivity contribution is 0.0998. The van der Waals surface area contributed by atoms with Crippen LogP contribution in [-0.2, 0) is 0 Å². The Hall–Kier alpha value is -3.15. The van der Waals surface area contributed by atoms with Crippen molar-refractivity contribution in [3.63, 3.8) is 0 Å². The monoisotopic (exact) mass is 307 g/mol. The van der Waals surface area contributed by atoms with E-state index >= 15 is 0 Å². The molecule has 4 rings (SSSR count). The number of carbonyl (C=O) groups is 1. The number of hydrogen-bond donors (Lipinski definition) is 1. The molecule has 0 saturated carbocycles. The van der Waals surface area contributed by atoms with Crippen molar-refractivity contribution in [1.82, 2.24) is 10.3 Å². The summed E-state index contributed by atoms with van der Waals surface area (Å²) in [5, 5.41) is 11.3. The lowest BCUT2D eigenvalue weighted by atomic mass is 10.1. The molecule has 1 amide bonds. The van der Waals surface area contributed by atoms with Gasteiger partial charge in [0.15, 0.2) is 11.3 Å². The molecule has 6 heteroatoms. The number of para-hydroxylation sites is 1. The summed E-state index contributed by atoms with van der Waals surface area (Å²) in [6.45, 7) is 3.83. The second-order valence-corrected chi connectivity index (χ2v) is 5.40. The molecular formula is C17H13N3O3. The number of carbonyl (C=O) groups excluding carboxylic acids is 1. The summed E-state index contributed by atoms with van der Waals surface area (Å²) >= 11 is 0. The van der Waals surface area contributed by atoms with Crippen LogP contribution in [0.4, 0.5) is 5.69 Å². The van der Waals surface area contributed by atoms with Crippen LogP contribution in [0.15, 0.2) is 45.4 Å². The standard InChI is InChI=1S/C17H13N3O3/c1-9-5-3-6-11-10(2)16(22-15(9)11)17(21)18-12-7-4-8-13-14(12)20-23-19-13/h3-8H,1-2H3,(H,18,21). The molecule has 0 fully saturated rings. The van der Waals surface area contributed by atoms with E-state index in [0.717, 1.165) is 22.1 Å². The SMILES string of the molecule is Cc1c(C(=O)Nc2cccc3nonc23)oc2c(C)cccc12. The number of hydrogen-bond acceptors (Lipinski definition) is 5. The highest BCUT2D eigenvalue weighted by atomic mass is 16.6. The van der Waals surface area contributed by atoms with E-state index in [0.29, 0.717) is 22.5 Å². The molecule has 0 radical (unpaired) electrons. The molecule has 0 aliphatic rings. The van der Waals surface area contributed by atoms with Gasteiger partial charge in [0.25, 0.3) is 5.91 Å². The van der Waals surface area contributed by atoms with Gasteiger partial charge in [-0.1, -0.05) is 24.3 Å². The number of nitrogens with zero attached hydrogens (tertiary/aromatic N) is 2. The fraction of sp³-hybridized carbons (Fsp3) is 0.118. The minimum absolute atomic E-state index is 0.294. The third-order valence-corrected chi connectivity index (χ3v) is 3.90. The maximum absolute atomic E-state index is 12.6. The van der Waals surface area contributed by atoms with Crippen molar-refractivity contribution in [3.05, 3.63) is 53.3 Å². The Labute approximate surface area is 131 Å². The van der Waals surface area contributed by atoms with Gasteiger partial charge in [-0.3, -0.25) is 4.79 Å². The number of benzene rings is 2. The summed E-state index contributed by atoms with van der Waals surface area (Å²) in [6, 6.07) is 11.1. The number of aromatic nitrogens is 2. The second kappa shape index (κ2) is 4.95. The van der Waals surface area contributed by atoms with Gasteiger partial charge in [-0.2, -0.15) is 0 Å². The molecule has 0 unspecified atom stereocenters. The lowest BCUT2D eigenvalue weighted by Crippen LogP contribution is -2.12. The van der Waals surface area contributed by atoms with Crippen LogP contribution in [-0.4, -0.2) is 16.2 Å². The van der Waals surface area contributed by atoms with Gasteiger partial charge in [-0.25, -0.2) is 4.63 Å². The van der Waals surface area contributed by atoms with Gasteiger partial charge in [0.1, 0.15) is 11.1 Å². The summed E-state index contributed by atoms with van der Waals surface area (Å²) < 4.78 is 10.5. The minimum atomic E-state index is -0.325. The van der Waals surface area contributed by atoms with Crippen LogP contribution in [0.1, 0.15) is 21.7 Å². The van der Waals surface area contributed by atoms with E-state index in [2.05, 4.69) is 15.6 Å². The lowest BCUT2D eigenvalue weighted by Gasteiger charge is -2.03. The topological polar surface area (TPSA) is 81.2 Å². The molecule has 0 spiro atoms. The van der Waals surface area contributed by atoms with Gasteiger partial charge < -0.3 is 9.73 Å². The van der Waals surface area contributed by atoms with E-state index in [1.165, 1.54) is 0 Å². The zero-order valence-corrected chi connectivity index (χ0v) is 12.6. The zero-order valence-electron chi connectivity index (χ0n) is 12.6. The van der Waals surface area contributed by atoms with E-state index < -0.39 is 0 Å². The summed E-state index contributed by atoms with van der Waals surface area (Å²) in [7, 11) is 0. The number of furan rings is 1. The van der Waals surface area contributed by atoms with Crippen LogP contribution in [0.3, 0.4) is 0 Å². The Morgan fingerprint density at radius 1 is 1.09 bits per heavy atom. The first-order valence-corrected chi connectivity index (χ1v) is 7.16. The molecule has 0 aliphatic heterocycles. The molecule has 1 N–H and O–H groups in total. The van der Waals surface area contributed by atoms with Crippen molar-refractivity contribution in [2.75, 3.05) is 5.32 Å². The number of anilines is 1. The van der Waals surface area contributed by atoms with Gasteiger partial charge in [-0.05, 0) is 41.9 Å². The molecule has 114 valence electrons. The molecule has 0 saturated heterocycles.